The van der Waals surface area contributed by atoms with Crippen LogP contribution in [0.25, 0.3) is 0 Å². The number of rotatable bonds is 6. The molecule has 0 N–H and O–H groups in total. The van der Waals surface area contributed by atoms with Crippen LogP contribution >= 0.6 is 0 Å². The molecule has 0 aromatic carbocycles. The number of fused-ring (bicyclic) bond motifs is 2. The summed E-state index contributed by atoms with van der Waals surface area (Å²) >= 11 is 0. The summed E-state index contributed by atoms with van der Waals surface area (Å²) in [6.45, 7) is 23.3. The van der Waals surface area contributed by atoms with Gasteiger partial charge in [0.2, 0.25) is 0 Å². The summed E-state index contributed by atoms with van der Waals surface area (Å²) in [6.07, 6.45) is 15.1. The zero-order chi connectivity index (χ0) is 25.6. The molecule has 8 unspecified atom stereocenters. The van der Waals surface area contributed by atoms with Gasteiger partial charge in [-0.1, -0.05) is 53.7 Å². The molecule has 0 heterocycles. The monoisotopic (exact) mass is 482 g/mol. The quantitative estimate of drug-likeness (QED) is 0.279. The third-order valence-corrected chi connectivity index (χ3v) is 14.0. The molecule has 2 nitrogen and oxygen atoms in total. The van der Waals surface area contributed by atoms with Gasteiger partial charge in [-0.25, -0.2) is 0 Å². The fourth-order valence-corrected chi connectivity index (χ4v) is 11.7. The van der Waals surface area contributed by atoms with Crippen LogP contribution in [0, 0.1) is 56.7 Å². The highest BCUT2D eigenvalue weighted by Gasteiger charge is 2.82. The second kappa shape index (κ2) is 8.10. The van der Waals surface area contributed by atoms with Crippen molar-refractivity contribution in [2.45, 2.75) is 132 Å². The Hall–Kier alpha value is -0.790. The minimum atomic E-state index is -0.0945. The molecule has 5 aliphatic carbocycles. The minimum Gasteiger partial charge on any atom is -0.462 e. The third kappa shape index (κ3) is 3.35. The van der Waals surface area contributed by atoms with Crippen molar-refractivity contribution in [3.63, 3.8) is 0 Å². The number of ether oxygens (including phenoxy) is 1. The second-order valence-corrected chi connectivity index (χ2v) is 15.4. The fraction of sp³-hybridized carbons (Fsp3) is 0.909. The maximum Gasteiger partial charge on any atom is 0.302 e. The van der Waals surface area contributed by atoms with Crippen molar-refractivity contribution >= 4 is 5.97 Å². The van der Waals surface area contributed by atoms with Crippen LogP contribution < -0.4 is 0 Å². The Morgan fingerprint density at radius 1 is 0.857 bits per heavy atom. The highest BCUT2D eigenvalue weighted by atomic mass is 16.5. The van der Waals surface area contributed by atoms with Crippen LogP contribution in [-0.2, 0) is 9.53 Å². The summed E-state index contributed by atoms with van der Waals surface area (Å²) in [5.74, 6) is 3.88. The van der Waals surface area contributed by atoms with Crippen molar-refractivity contribution in [3.05, 3.63) is 12.2 Å². The van der Waals surface area contributed by atoms with Gasteiger partial charge in [0.15, 0.2) is 0 Å². The standard InChI is InChI=1S/C33H54O2/c1-21(2)22(3)10-11-23(4)25-14-16-31(9)27-13-12-26-29(6,7)28(35-24(5)34)15-17-32(26)20-33(27,32)19-18-30(25,31)8/h22-23,25-28H,1,10-20H2,2-9H3/t22?,23?,25?,26-,27?,28?,30?,31-,32?,33?/m0/s1. The summed E-state index contributed by atoms with van der Waals surface area (Å²) < 4.78 is 5.91. The number of esters is 1. The summed E-state index contributed by atoms with van der Waals surface area (Å²) in [5.41, 5.74) is 3.55. The van der Waals surface area contributed by atoms with E-state index in [1.54, 1.807) is 6.92 Å². The summed E-state index contributed by atoms with van der Waals surface area (Å²) in [6, 6.07) is 0. The first-order valence-electron chi connectivity index (χ1n) is 15.1. The summed E-state index contributed by atoms with van der Waals surface area (Å²) in [5, 5.41) is 0. The molecule has 35 heavy (non-hydrogen) atoms. The van der Waals surface area contributed by atoms with E-state index in [0.717, 1.165) is 30.1 Å². The fourth-order valence-electron chi connectivity index (χ4n) is 11.7. The summed E-state index contributed by atoms with van der Waals surface area (Å²) in [4.78, 5) is 11.9. The molecule has 0 aromatic heterocycles. The van der Waals surface area contributed by atoms with Crippen LogP contribution in [0.1, 0.15) is 126 Å². The lowest BCUT2D eigenvalue weighted by Crippen LogP contribution is -2.58. The van der Waals surface area contributed by atoms with Crippen molar-refractivity contribution in [2.24, 2.45) is 56.7 Å². The van der Waals surface area contributed by atoms with Gasteiger partial charge in [0.25, 0.3) is 0 Å². The molecule has 0 aromatic rings. The van der Waals surface area contributed by atoms with Crippen LogP contribution in [-0.4, -0.2) is 12.1 Å². The molecule has 5 rings (SSSR count). The topological polar surface area (TPSA) is 26.3 Å². The maximum absolute atomic E-state index is 11.9. The second-order valence-electron chi connectivity index (χ2n) is 15.4. The Morgan fingerprint density at radius 3 is 2.17 bits per heavy atom. The largest absolute Gasteiger partial charge is 0.462 e. The number of allylic oxidation sites excluding steroid dienone is 1. The Morgan fingerprint density at radius 2 is 1.51 bits per heavy atom. The molecule has 0 aliphatic heterocycles. The number of hydrogen-bond acceptors (Lipinski definition) is 2. The molecule has 10 atom stereocenters. The van der Waals surface area contributed by atoms with Crippen LogP contribution in [0.5, 0.6) is 0 Å². The smallest absolute Gasteiger partial charge is 0.302 e. The van der Waals surface area contributed by atoms with Gasteiger partial charge in [0.05, 0.1) is 0 Å². The Balaban J connectivity index is 1.37. The van der Waals surface area contributed by atoms with Gasteiger partial charge in [-0.3, -0.25) is 4.79 Å². The van der Waals surface area contributed by atoms with Crippen molar-refractivity contribution in [3.8, 4) is 0 Å². The van der Waals surface area contributed by atoms with Crippen LogP contribution in [0.4, 0.5) is 0 Å². The summed E-state index contributed by atoms with van der Waals surface area (Å²) in [7, 11) is 0. The molecule has 0 bridgehead atoms. The van der Waals surface area contributed by atoms with Gasteiger partial charge in [0.1, 0.15) is 6.10 Å². The van der Waals surface area contributed by atoms with E-state index in [2.05, 4.69) is 55.0 Å². The van der Waals surface area contributed by atoms with E-state index in [1.807, 2.05) is 0 Å². The van der Waals surface area contributed by atoms with Crippen molar-refractivity contribution < 1.29 is 9.53 Å². The van der Waals surface area contributed by atoms with E-state index in [-0.39, 0.29) is 17.5 Å². The lowest BCUT2D eigenvalue weighted by Gasteiger charge is -2.63. The number of carbonyl (C=O) groups is 1. The molecule has 5 saturated carbocycles. The van der Waals surface area contributed by atoms with Gasteiger partial charge in [-0.05, 0) is 129 Å². The van der Waals surface area contributed by atoms with E-state index in [1.165, 1.54) is 69.8 Å². The SMILES string of the molecule is C=C(C)C(C)CCC(C)C1CC[C@@]2(C)C3CC[C@H]4C(C)(C)C(OC(C)=O)CCC45CC35CCC12C. The Kier molecular flexibility index (Phi) is 5.98. The lowest BCUT2D eigenvalue weighted by atomic mass is 9.41. The van der Waals surface area contributed by atoms with Crippen LogP contribution in [0.15, 0.2) is 12.2 Å². The van der Waals surface area contributed by atoms with E-state index >= 15 is 0 Å². The van der Waals surface area contributed by atoms with Gasteiger partial charge in [0, 0.05) is 12.3 Å². The van der Waals surface area contributed by atoms with E-state index in [9.17, 15) is 4.79 Å². The van der Waals surface area contributed by atoms with E-state index in [0.29, 0.717) is 27.6 Å². The van der Waals surface area contributed by atoms with Crippen LogP contribution in [0.2, 0.25) is 0 Å². The minimum absolute atomic E-state index is 0.0945. The molecule has 5 fully saturated rings. The highest BCUT2D eigenvalue weighted by molar-refractivity contribution is 5.66. The first-order valence-corrected chi connectivity index (χ1v) is 15.1. The Labute approximate surface area is 216 Å². The van der Waals surface area contributed by atoms with Gasteiger partial charge in [-0.2, -0.15) is 0 Å². The molecular weight excluding hydrogens is 428 g/mol. The first-order chi connectivity index (χ1) is 16.3. The number of hydrogen-bond donors (Lipinski definition) is 0. The normalized spacial score (nSPS) is 49.0. The third-order valence-electron chi connectivity index (χ3n) is 14.0. The first kappa shape index (κ1) is 25.8. The zero-order valence-electron chi connectivity index (χ0n) is 24.3. The molecule has 0 amide bonds. The average molecular weight is 483 g/mol. The van der Waals surface area contributed by atoms with E-state index in [4.69, 9.17) is 4.74 Å². The molecule has 198 valence electrons. The lowest BCUT2D eigenvalue weighted by molar-refractivity contribution is -0.181. The molecular formula is C33H54O2. The zero-order valence-corrected chi connectivity index (χ0v) is 24.3. The predicted molar refractivity (Wildman–Crippen MR) is 145 cm³/mol. The highest BCUT2D eigenvalue weighted by Crippen LogP contribution is 2.89. The molecule has 5 aliphatic rings. The van der Waals surface area contributed by atoms with Crippen LogP contribution in [0.3, 0.4) is 0 Å². The molecule has 2 heteroatoms. The average Bonchev–Trinajstić information content (AvgIpc) is 3.36. The van der Waals surface area contributed by atoms with Crippen molar-refractivity contribution in [2.75, 3.05) is 0 Å². The van der Waals surface area contributed by atoms with Crippen molar-refractivity contribution in [1.82, 2.24) is 0 Å². The molecule has 2 spiro atoms. The van der Waals surface area contributed by atoms with Gasteiger partial charge >= 0.3 is 5.97 Å². The Bertz CT molecular complexity index is 888. The predicted octanol–water partition coefficient (Wildman–Crippen LogP) is 8.99. The van der Waals surface area contributed by atoms with Gasteiger partial charge < -0.3 is 4.74 Å². The van der Waals surface area contributed by atoms with E-state index < -0.39 is 0 Å². The molecule has 0 radical (unpaired) electrons. The van der Waals surface area contributed by atoms with Gasteiger partial charge in [-0.15, -0.1) is 0 Å². The number of carbonyl (C=O) groups excluding carboxylic acids is 1. The van der Waals surface area contributed by atoms with Crippen molar-refractivity contribution in [1.29, 1.82) is 0 Å². The maximum atomic E-state index is 11.9. The molecule has 0 saturated heterocycles.